The van der Waals surface area contributed by atoms with Crippen molar-refractivity contribution in [1.82, 2.24) is 10.7 Å². The first-order chi connectivity index (χ1) is 20.6. The first kappa shape index (κ1) is 31.0. The topological polar surface area (TPSA) is 117 Å². The van der Waals surface area contributed by atoms with E-state index in [-0.39, 0.29) is 23.5 Å². The van der Waals surface area contributed by atoms with Gasteiger partial charge in [-0.05, 0) is 85.5 Å². The molecule has 4 aromatic rings. The van der Waals surface area contributed by atoms with Crippen molar-refractivity contribution in [3.05, 3.63) is 125 Å². The van der Waals surface area contributed by atoms with E-state index in [1.54, 1.807) is 55.5 Å². The fraction of sp³-hybridized carbons (Fsp3) is 0.182. The second-order valence-electron chi connectivity index (χ2n) is 9.97. The van der Waals surface area contributed by atoms with Crippen molar-refractivity contribution in [3.8, 4) is 5.75 Å². The van der Waals surface area contributed by atoms with Crippen LogP contribution in [0.15, 0.2) is 113 Å². The minimum atomic E-state index is -4.02. The minimum Gasteiger partial charge on any atom is -0.484 e. The van der Waals surface area contributed by atoms with E-state index in [0.29, 0.717) is 22.6 Å². The number of aryl methyl sites for hydroxylation is 2. The summed E-state index contributed by atoms with van der Waals surface area (Å²) in [6.07, 6.45) is 1.43. The van der Waals surface area contributed by atoms with E-state index < -0.39 is 22.5 Å². The molecule has 2 N–H and O–H groups in total. The summed E-state index contributed by atoms with van der Waals surface area (Å²) >= 11 is 0. The van der Waals surface area contributed by atoms with E-state index in [0.717, 1.165) is 15.4 Å². The minimum absolute atomic E-state index is 0.0812. The standard InChI is InChI=1S/C33H34N4O5S/c1-24-14-15-25(2)31(20-24)37(43(40,41)30-12-8-5-9-13-30)22-32(38)36-34-21-27-16-18-29(19-17-27)42-23-33(39)35-26(3)28-10-6-4-7-11-28/h4-21,26H,22-23H2,1-3H3,(H,35,39)(H,36,38)/b34-21-/t26-/m1/s1. The molecule has 0 aromatic heterocycles. The maximum absolute atomic E-state index is 13.5. The molecule has 0 saturated heterocycles. The van der Waals surface area contributed by atoms with Gasteiger partial charge >= 0.3 is 0 Å². The van der Waals surface area contributed by atoms with Gasteiger partial charge in [0.05, 0.1) is 22.8 Å². The Kier molecular flexibility index (Phi) is 10.3. The fourth-order valence-corrected chi connectivity index (χ4v) is 5.76. The number of hydrazone groups is 1. The highest BCUT2D eigenvalue weighted by Gasteiger charge is 2.28. The highest BCUT2D eigenvalue weighted by Crippen LogP contribution is 2.27. The number of hydrogen-bond acceptors (Lipinski definition) is 6. The van der Waals surface area contributed by atoms with E-state index in [4.69, 9.17) is 4.74 Å². The van der Waals surface area contributed by atoms with Gasteiger partial charge in [0.15, 0.2) is 6.61 Å². The number of carbonyl (C=O) groups excluding carboxylic acids is 2. The van der Waals surface area contributed by atoms with Crippen molar-refractivity contribution < 1.29 is 22.7 Å². The lowest BCUT2D eigenvalue weighted by Gasteiger charge is -2.25. The summed E-state index contributed by atoms with van der Waals surface area (Å²) in [7, 11) is -4.02. The van der Waals surface area contributed by atoms with Gasteiger partial charge < -0.3 is 10.1 Å². The molecule has 0 aliphatic carbocycles. The van der Waals surface area contributed by atoms with Crippen LogP contribution in [-0.4, -0.2) is 39.6 Å². The highest BCUT2D eigenvalue weighted by molar-refractivity contribution is 7.92. The van der Waals surface area contributed by atoms with Crippen LogP contribution >= 0.6 is 0 Å². The van der Waals surface area contributed by atoms with Gasteiger partial charge in [0.25, 0.3) is 21.8 Å². The summed E-state index contributed by atoms with van der Waals surface area (Å²) in [5.41, 5.74) is 6.08. The molecule has 0 heterocycles. The molecule has 0 aliphatic heterocycles. The zero-order valence-electron chi connectivity index (χ0n) is 24.2. The Bertz CT molecular complexity index is 1680. The van der Waals surface area contributed by atoms with Crippen molar-refractivity contribution in [2.24, 2.45) is 5.10 Å². The molecule has 222 valence electrons. The monoisotopic (exact) mass is 598 g/mol. The van der Waals surface area contributed by atoms with Crippen LogP contribution in [0.1, 0.15) is 35.2 Å². The summed E-state index contributed by atoms with van der Waals surface area (Å²) in [5.74, 6) is -0.347. The van der Waals surface area contributed by atoms with Gasteiger partial charge in [-0.1, -0.05) is 60.7 Å². The summed E-state index contributed by atoms with van der Waals surface area (Å²) in [6.45, 7) is 4.96. The Morgan fingerprint density at radius 1 is 0.884 bits per heavy atom. The lowest BCUT2D eigenvalue weighted by molar-refractivity contribution is -0.123. The molecule has 43 heavy (non-hydrogen) atoms. The predicted octanol–water partition coefficient (Wildman–Crippen LogP) is 4.91. The zero-order valence-corrected chi connectivity index (χ0v) is 25.0. The number of nitrogens with zero attached hydrogens (tertiary/aromatic N) is 2. The maximum atomic E-state index is 13.5. The van der Waals surface area contributed by atoms with Crippen molar-refractivity contribution >= 4 is 33.7 Å². The van der Waals surface area contributed by atoms with Gasteiger partial charge in [-0.25, -0.2) is 13.8 Å². The Balaban J connectivity index is 1.34. The molecule has 9 nitrogen and oxygen atoms in total. The number of amides is 2. The average Bonchev–Trinajstić information content (AvgIpc) is 3.01. The van der Waals surface area contributed by atoms with Crippen molar-refractivity contribution in [3.63, 3.8) is 0 Å². The van der Waals surface area contributed by atoms with Gasteiger partial charge in [-0.3, -0.25) is 13.9 Å². The van der Waals surface area contributed by atoms with Crippen LogP contribution in [0, 0.1) is 13.8 Å². The molecule has 4 aromatic carbocycles. The third-order valence-corrected chi connectivity index (χ3v) is 8.36. The predicted molar refractivity (Wildman–Crippen MR) is 168 cm³/mol. The molecule has 0 bridgehead atoms. The van der Waals surface area contributed by atoms with Crippen LogP contribution < -0.4 is 19.8 Å². The molecular weight excluding hydrogens is 564 g/mol. The summed E-state index contributed by atoms with van der Waals surface area (Å²) in [5, 5.41) is 6.90. The Labute approximate surface area is 252 Å². The van der Waals surface area contributed by atoms with E-state index in [9.17, 15) is 18.0 Å². The molecular formula is C33H34N4O5S. The molecule has 0 fully saturated rings. The number of anilines is 1. The van der Waals surface area contributed by atoms with E-state index in [1.165, 1.54) is 18.3 Å². The Hall–Kier alpha value is -4.96. The third-order valence-electron chi connectivity index (χ3n) is 6.58. The SMILES string of the molecule is Cc1ccc(C)c(N(CC(=O)N/N=C\c2ccc(OCC(=O)N[C@H](C)c3ccccc3)cc2)S(=O)(=O)c2ccccc2)c1. The average molecular weight is 599 g/mol. The largest absolute Gasteiger partial charge is 0.484 e. The normalized spacial score (nSPS) is 12.0. The van der Waals surface area contributed by atoms with E-state index in [1.807, 2.05) is 56.3 Å². The smallest absolute Gasteiger partial charge is 0.264 e. The summed E-state index contributed by atoms with van der Waals surface area (Å²) < 4.78 is 33.8. The van der Waals surface area contributed by atoms with Crippen molar-refractivity contribution in [1.29, 1.82) is 0 Å². The van der Waals surface area contributed by atoms with Crippen LogP contribution in [0.2, 0.25) is 0 Å². The molecule has 0 saturated carbocycles. The maximum Gasteiger partial charge on any atom is 0.264 e. The van der Waals surface area contributed by atoms with Gasteiger partial charge in [-0.15, -0.1) is 0 Å². The van der Waals surface area contributed by atoms with Gasteiger partial charge in [0.1, 0.15) is 12.3 Å². The van der Waals surface area contributed by atoms with E-state index >= 15 is 0 Å². The first-order valence-electron chi connectivity index (χ1n) is 13.7. The lowest BCUT2D eigenvalue weighted by atomic mass is 10.1. The number of sulfonamides is 1. The van der Waals surface area contributed by atoms with Crippen LogP contribution in [0.3, 0.4) is 0 Å². The third kappa shape index (κ3) is 8.52. The molecule has 0 spiro atoms. The number of benzene rings is 4. The van der Waals surface area contributed by atoms with Gasteiger partial charge in [0, 0.05) is 0 Å². The van der Waals surface area contributed by atoms with Crippen LogP contribution in [0.4, 0.5) is 5.69 Å². The quantitative estimate of drug-likeness (QED) is 0.178. The van der Waals surface area contributed by atoms with Crippen LogP contribution in [0.5, 0.6) is 5.75 Å². The molecule has 0 aliphatic rings. The first-order valence-corrected chi connectivity index (χ1v) is 15.1. The van der Waals surface area contributed by atoms with Gasteiger partial charge in [0.2, 0.25) is 0 Å². The fourth-order valence-electron chi connectivity index (χ4n) is 4.26. The lowest BCUT2D eigenvalue weighted by Crippen LogP contribution is -2.40. The number of hydrogen-bond donors (Lipinski definition) is 2. The van der Waals surface area contributed by atoms with Crippen LogP contribution in [-0.2, 0) is 19.6 Å². The second kappa shape index (κ2) is 14.3. The second-order valence-corrected chi connectivity index (χ2v) is 11.8. The molecule has 4 rings (SSSR count). The molecule has 1 atom stereocenters. The highest BCUT2D eigenvalue weighted by atomic mass is 32.2. The summed E-state index contributed by atoms with van der Waals surface area (Å²) in [6, 6.07) is 29.8. The molecule has 10 heteroatoms. The number of rotatable bonds is 12. The molecule has 2 amide bonds. The molecule has 0 radical (unpaired) electrons. The van der Waals surface area contributed by atoms with Crippen molar-refractivity contribution in [2.75, 3.05) is 17.5 Å². The Morgan fingerprint density at radius 3 is 2.21 bits per heavy atom. The number of ether oxygens (including phenoxy) is 1. The summed E-state index contributed by atoms with van der Waals surface area (Å²) in [4.78, 5) is 25.2. The Morgan fingerprint density at radius 2 is 1.53 bits per heavy atom. The van der Waals surface area contributed by atoms with Crippen LogP contribution in [0.25, 0.3) is 0 Å². The number of nitrogens with one attached hydrogen (secondary N) is 2. The zero-order chi connectivity index (χ0) is 30.8. The number of carbonyl (C=O) groups is 2. The van der Waals surface area contributed by atoms with Crippen molar-refractivity contribution in [2.45, 2.75) is 31.7 Å². The van der Waals surface area contributed by atoms with E-state index in [2.05, 4.69) is 15.8 Å². The molecule has 0 unspecified atom stereocenters. The van der Waals surface area contributed by atoms with Gasteiger partial charge in [-0.2, -0.15) is 5.10 Å².